The Hall–Kier alpha value is -1.00. The molecule has 0 radical (unpaired) electrons. The van der Waals surface area contributed by atoms with Crippen molar-refractivity contribution >= 4 is 53.8 Å². The maximum atomic E-state index is 9.65. The molecule has 86 valence electrons. The third-order valence-corrected chi connectivity index (χ3v) is 3.92. The number of rotatable bonds is 0. The molecule has 0 saturated carbocycles. The van der Waals surface area contributed by atoms with Crippen LogP contribution in [0.4, 0.5) is 0 Å². The first-order chi connectivity index (χ1) is 8.06. The fourth-order valence-electron chi connectivity index (χ4n) is 2.03. The van der Waals surface area contributed by atoms with E-state index in [4.69, 9.17) is 4.42 Å². The highest BCUT2D eigenvalue weighted by atomic mass is 79.9. The smallest absolute Gasteiger partial charge is 0.149 e. The maximum Gasteiger partial charge on any atom is 0.149 e. The summed E-state index contributed by atoms with van der Waals surface area (Å²) < 4.78 is 7.55. The normalized spacial score (nSPS) is 11.5. The Morgan fingerprint density at radius 2 is 1.82 bits per heavy atom. The van der Waals surface area contributed by atoms with Gasteiger partial charge in [-0.2, -0.15) is 0 Å². The van der Waals surface area contributed by atoms with Crippen LogP contribution in [0, 0.1) is 6.92 Å². The van der Waals surface area contributed by atoms with Crippen molar-refractivity contribution in [1.82, 2.24) is 0 Å². The summed E-state index contributed by atoms with van der Waals surface area (Å²) in [6.07, 6.45) is 0. The van der Waals surface area contributed by atoms with Crippen molar-refractivity contribution in [2.24, 2.45) is 0 Å². The molecule has 3 rings (SSSR count). The highest BCUT2D eigenvalue weighted by Gasteiger charge is 2.14. The fraction of sp³-hybridized carbons (Fsp3) is 0.0769. The summed E-state index contributed by atoms with van der Waals surface area (Å²) in [4.78, 5) is 0. The molecule has 0 amide bonds. The molecule has 1 aromatic heterocycles. The van der Waals surface area contributed by atoms with E-state index in [9.17, 15) is 5.11 Å². The Morgan fingerprint density at radius 1 is 1.06 bits per heavy atom. The molecule has 0 fully saturated rings. The fourth-order valence-corrected chi connectivity index (χ4v) is 3.33. The minimum atomic E-state index is 0.222. The van der Waals surface area contributed by atoms with E-state index < -0.39 is 0 Å². The SMILES string of the molecule is Cc1cc(Br)c2c(c1)oc1c(Br)cc(O)cc12. The monoisotopic (exact) mass is 354 g/mol. The molecule has 1 N–H and O–H groups in total. The van der Waals surface area contributed by atoms with Crippen molar-refractivity contribution in [3.63, 3.8) is 0 Å². The Balaban J connectivity index is 2.60. The number of aryl methyl sites for hydroxylation is 1. The van der Waals surface area contributed by atoms with E-state index in [0.717, 1.165) is 36.4 Å². The van der Waals surface area contributed by atoms with Crippen molar-refractivity contribution in [3.05, 3.63) is 38.8 Å². The number of phenolic OH excluding ortho intramolecular Hbond substituents is 1. The average molecular weight is 356 g/mol. The molecule has 0 bridgehead atoms. The molecule has 0 aliphatic rings. The second-order valence-corrected chi connectivity index (χ2v) is 5.73. The van der Waals surface area contributed by atoms with Gasteiger partial charge in [-0.1, -0.05) is 15.9 Å². The van der Waals surface area contributed by atoms with Crippen LogP contribution in [0.2, 0.25) is 0 Å². The first-order valence-electron chi connectivity index (χ1n) is 5.07. The predicted octanol–water partition coefficient (Wildman–Crippen LogP) is 5.13. The van der Waals surface area contributed by atoms with Crippen LogP contribution in [0.15, 0.2) is 37.6 Å². The molecule has 0 saturated heterocycles. The van der Waals surface area contributed by atoms with Gasteiger partial charge in [-0.25, -0.2) is 0 Å². The molecule has 0 atom stereocenters. The molecule has 2 nitrogen and oxygen atoms in total. The quantitative estimate of drug-likeness (QED) is 0.606. The van der Waals surface area contributed by atoms with Crippen LogP contribution in [-0.2, 0) is 0 Å². The van der Waals surface area contributed by atoms with Crippen LogP contribution in [0.3, 0.4) is 0 Å². The molecule has 0 unspecified atom stereocenters. The zero-order chi connectivity index (χ0) is 12.2. The third-order valence-electron chi connectivity index (χ3n) is 2.71. The van der Waals surface area contributed by atoms with Gasteiger partial charge in [0.2, 0.25) is 0 Å². The van der Waals surface area contributed by atoms with Gasteiger partial charge < -0.3 is 9.52 Å². The lowest BCUT2D eigenvalue weighted by atomic mass is 10.1. The average Bonchev–Trinajstić information content (AvgIpc) is 2.56. The molecule has 1 heterocycles. The number of fused-ring (bicyclic) bond motifs is 3. The minimum Gasteiger partial charge on any atom is -0.508 e. The second kappa shape index (κ2) is 3.75. The van der Waals surface area contributed by atoms with Gasteiger partial charge in [0.05, 0.1) is 4.47 Å². The summed E-state index contributed by atoms with van der Waals surface area (Å²) >= 11 is 6.94. The Kier molecular flexibility index (Phi) is 2.45. The van der Waals surface area contributed by atoms with Gasteiger partial charge in [0.25, 0.3) is 0 Å². The standard InChI is InChI=1S/C13H8Br2O2/c1-6-2-9(14)12-8-4-7(16)5-10(15)13(8)17-11(12)3-6/h2-5,16H,1H3. The molecule has 17 heavy (non-hydrogen) atoms. The van der Waals surface area contributed by atoms with E-state index in [1.165, 1.54) is 0 Å². The summed E-state index contributed by atoms with van der Waals surface area (Å²) in [5.74, 6) is 0.222. The lowest BCUT2D eigenvalue weighted by molar-refractivity contribution is 0.475. The van der Waals surface area contributed by atoms with Gasteiger partial charge in [0.1, 0.15) is 16.9 Å². The Labute approximate surface area is 114 Å². The summed E-state index contributed by atoms with van der Waals surface area (Å²) in [6.45, 7) is 2.02. The van der Waals surface area contributed by atoms with Crippen LogP contribution in [0.5, 0.6) is 5.75 Å². The maximum absolute atomic E-state index is 9.65. The van der Waals surface area contributed by atoms with E-state index >= 15 is 0 Å². The number of hydrogen-bond donors (Lipinski definition) is 1. The van der Waals surface area contributed by atoms with E-state index in [0.29, 0.717) is 0 Å². The zero-order valence-corrected chi connectivity index (χ0v) is 12.1. The van der Waals surface area contributed by atoms with Gasteiger partial charge in [-0.05, 0) is 52.7 Å². The summed E-state index contributed by atoms with van der Waals surface area (Å²) in [6, 6.07) is 7.37. The number of benzene rings is 2. The van der Waals surface area contributed by atoms with Gasteiger partial charge >= 0.3 is 0 Å². The largest absolute Gasteiger partial charge is 0.508 e. The van der Waals surface area contributed by atoms with Crippen LogP contribution in [0.1, 0.15) is 5.56 Å². The lowest BCUT2D eigenvalue weighted by Gasteiger charge is -1.97. The van der Waals surface area contributed by atoms with Crippen LogP contribution in [-0.4, -0.2) is 5.11 Å². The van der Waals surface area contributed by atoms with Crippen molar-refractivity contribution in [2.75, 3.05) is 0 Å². The van der Waals surface area contributed by atoms with Gasteiger partial charge in [-0.15, -0.1) is 0 Å². The first-order valence-corrected chi connectivity index (χ1v) is 6.66. The number of aromatic hydroxyl groups is 1. The number of furan rings is 1. The zero-order valence-electron chi connectivity index (χ0n) is 8.92. The molecular formula is C13H8Br2O2. The van der Waals surface area contributed by atoms with Crippen molar-refractivity contribution in [1.29, 1.82) is 0 Å². The Bertz CT molecular complexity index is 744. The lowest BCUT2D eigenvalue weighted by Crippen LogP contribution is -1.74. The van der Waals surface area contributed by atoms with Crippen molar-refractivity contribution in [3.8, 4) is 5.75 Å². The van der Waals surface area contributed by atoms with Gasteiger partial charge in [-0.3, -0.25) is 0 Å². The van der Waals surface area contributed by atoms with E-state index in [1.807, 2.05) is 19.1 Å². The van der Waals surface area contributed by atoms with E-state index in [1.54, 1.807) is 12.1 Å². The first kappa shape index (κ1) is 11.1. The van der Waals surface area contributed by atoms with Gasteiger partial charge in [0.15, 0.2) is 0 Å². The summed E-state index contributed by atoms with van der Waals surface area (Å²) in [7, 11) is 0. The highest BCUT2D eigenvalue weighted by molar-refractivity contribution is 9.11. The molecule has 0 spiro atoms. The summed E-state index contributed by atoms with van der Waals surface area (Å²) in [5, 5.41) is 11.5. The van der Waals surface area contributed by atoms with Crippen LogP contribution in [0.25, 0.3) is 21.9 Å². The highest BCUT2D eigenvalue weighted by Crippen LogP contribution is 2.39. The van der Waals surface area contributed by atoms with Crippen LogP contribution >= 0.6 is 31.9 Å². The minimum absolute atomic E-state index is 0.222. The molecular weight excluding hydrogens is 348 g/mol. The van der Waals surface area contributed by atoms with Crippen LogP contribution < -0.4 is 0 Å². The second-order valence-electron chi connectivity index (χ2n) is 4.03. The van der Waals surface area contributed by atoms with Gasteiger partial charge in [0, 0.05) is 15.2 Å². The molecule has 0 aliphatic carbocycles. The number of phenols is 1. The van der Waals surface area contributed by atoms with E-state index in [2.05, 4.69) is 31.9 Å². The molecule has 4 heteroatoms. The Morgan fingerprint density at radius 3 is 2.59 bits per heavy atom. The number of halogens is 2. The molecule has 3 aromatic rings. The summed E-state index contributed by atoms with van der Waals surface area (Å²) in [5.41, 5.74) is 2.70. The van der Waals surface area contributed by atoms with Crippen molar-refractivity contribution < 1.29 is 9.52 Å². The third kappa shape index (κ3) is 1.67. The predicted molar refractivity (Wildman–Crippen MR) is 75.5 cm³/mol. The van der Waals surface area contributed by atoms with Crippen molar-refractivity contribution in [2.45, 2.75) is 6.92 Å². The molecule has 2 aromatic carbocycles. The topological polar surface area (TPSA) is 33.4 Å². The number of hydrogen-bond acceptors (Lipinski definition) is 2. The molecule has 0 aliphatic heterocycles. The van der Waals surface area contributed by atoms with E-state index in [-0.39, 0.29) is 5.75 Å².